The largest absolute Gasteiger partial charge is 0.391 e. The number of β-amino-alcohol motifs (C(OH)–C–C–N with tert-alkyl or cyclic N) is 1. The fourth-order valence-corrected chi connectivity index (χ4v) is 4.57. The van der Waals surface area contributed by atoms with E-state index in [1.807, 2.05) is 27.7 Å². The smallest absolute Gasteiger partial charge is 0.243 e. The molecule has 1 aliphatic rings. The lowest BCUT2D eigenvalue weighted by Gasteiger charge is -2.34. The maximum atomic E-state index is 13.1. The van der Waals surface area contributed by atoms with Crippen molar-refractivity contribution in [1.29, 1.82) is 0 Å². The number of aryl methyl sites for hydroxylation is 1. The van der Waals surface area contributed by atoms with Gasteiger partial charge in [-0.15, -0.1) is 11.3 Å². The van der Waals surface area contributed by atoms with Gasteiger partial charge < -0.3 is 20.6 Å². The van der Waals surface area contributed by atoms with Gasteiger partial charge in [0.15, 0.2) is 0 Å². The number of nitrogens with one attached hydrogen (secondary N) is 2. The van der Waals surface area contributed by atoms with Gasteiger partial charge in [-0.25, -0.2) is 4.98 Å². The molecule has 2 amide bonds. The lowest BCUT2D eigenvalue weighted by molar-refractivity contribution is -0.142. The number of carbonyl (C=O) groups excluding carboxylic acids is 2. The molecule has 0 radical (unpaired) electrons. The summed E-state index contributed by atoms with van der Waals surface area (Å²) in [5.74, 6) is -0.492. The normalized spacial score (nSPS) is 20.0. The van der Waals surface area contributed by atoms with Crippen LogP contribution in [0.1, 0.15) is 38.6 Å². The summed E-state index contributed by atoms with van der Waals surface area (Å²) in [4.78, 5) is 41.4. The number of aromatic nitrogens is 3. The fraction of sp³-hybridized carbons (Fsp3) is 0.571. The van der Waals surface area contributed by atoms with Crippen LogP contribution in [0, 0.1) is 12.3 Å². The van der Waals surface area contributed by atoms with E-state index < -0.39 is 18.2 Å². The number of likely N-dealkylation sites (N-methyl/N-ethyl adjacent to an activating group) is 1. The van der Waals surface area contributed by atoms with Gasteiger partial charge in [0.1, 0.15) is 11.7 Å². The average Bonchev–Trinajstić information content (AvgIpc) is 3.31. The number of likely N-dealkylation sites (tertiary alicyclic amines) is 1. The van der Waals surface area contributed by atoms with Crippen molar-refractivity contribution in [3.63, 3.8) is 0 Å². The predicted octanol–water partition coefficient (Wildman–Crippen LogP) is 1.12. The van der Waals surface area contributed by atoms with Crippen LogP contribution >= 0.6 is 11.3 Å². The Hall–Kier alpha value is -2.43. The van der Waals surface area contributed by atoms with E-state index in [4.69, 9.17) is 0 Å². The van der Waals surface area contributed by atoms with Gasteiger partial charge in [0.05, 0.1) is 52.9 Å². The number of rotatable bonds is 6. The first kappa shape index (κ1) is 23.2. The Balaban J connectivity index is 1.65. The minimum atomic E-state index is -0.723. The Kier molecular flexibility index (Phi) is 7.03. The third-order valence-corrected chi connectivity index (χ3v) is 6.34. The molecule has 31 heavy (non-hydrogen) atoms. The van der Waals surface area contributed by atoms with Gasteiger partial charge in [-0.3, -0.25) is 19.6 Å². The lowest BCUT2D eigenvalue weighted by atomic mass is 9.86. The van der Waals surface area contributed by atoms with Crippen LogP contribution in [0.3, 0.4) is 0 Å². The molecule has 3 heterocycles. The summed E-state index contributed by atoms with van der Waals surface area (Å²) in [6.07, 6.45) is 2.78. The van der Waals surface area contributed by atoms with Crippen molar-refractivity contribution in [2.75, 3.05) is 13.6 Å². The number of carbonyl (C=O) groups is 2. The first-order chi connectivity index (χ1) is 14.6. The van der Waals surface area contributed by atoms with Crippen LogP contribution in [0.25, 0.3) is 10.6 Å². The molecular formula is C21H30N6O3S. The first-order valence-corrected chi connectivity index (χ1v) is 11.1. The van der Waals surface area contributed by atoms with Crippen LogP contribution < -0.4 is 10.6 Å². The van der Waals surface area contributed by atoms with Crippen molar-refractivity contribution in [2.24, 2.45) is 5.41 Å². The van der Waals surface area contributed by atoms with Crippen molar-refractivity contribution in [3.8, 4) is 10.6 Å². The summed E-state index contributed by atoms with van der Waals surface area (Å²) in [5.41, 5.74) is 3.69. The molecule has 10 heteroatoms. The molecule has 3 N–H and O–H groups in total. The van der Waals surface area contributed by atoms with Gasteiger partial charge in [0.25, 0.3) is 0 Å². The van der Waals surface area contributed by atoms with Crippen LogP contribution in [-0.4, -0.2) is 68.6 Å². The molecule has 0 aromatic carbocycles. The van der Waals surface area contributed by atoms with Crippen LogP contribution in [0.2, 0.25) is 0 Å². The third kappa shape index (κ3) is 5.25. The van der Waals surface area contributed by atoms with Gasteiger partial charge in [-0.05, 0) is 19.4 Å². The molecule has 2 aromatic heterocycles. The molecule has 3 atom stereocenters. The molecule has 0 unspecified atom stereocenters. The highest BCUT2D eigenvalue weighted by molar-refractivity contribution is 7.13. The second kappa shape index (κ2) is 9.37. The number of nitrogens with zero attached hydrogens (tertiary/aromatic N) is 4. The maximum Gasteiger partial charge on any atom is 0.243 e. The summed E-state index contributed by atoms with van der Waals surface area (Å²) in [6.45, 7) is 8.14. The molecule has 0 spiro atoms. The van der Waals surface area contributed by atoms with Crippen LogP contribution in [0.4, 0.5) is 0 Å². The lowest BCUT2D eigenvalue weighted by Crippen LogP contribution is -2.55. The second-order valence-corrected chi connectivity index (χ2v) is 9.72. The van der Waals surface area contributed by atoms with E-state index in [0.717, 1.165) is 16.3 Å². The predicted molar refractivity (Wildman–Crippen MR) is 118 cm³/mol. The second-order valence-electron chi connectivity index (χ2n) is 8.86. The zero-order valence-corrected chi connectivity index (χ0v) is 19.4. The highest BCUT2D eigenvalue weighted by Gasteiger charge is 2.43. The molecule has 168 valence electrons. The third-order valence-electron chi connectivity index (χ3n) is 5.39. The Morgan fingerprint density at radius 3 is 2.58 bits per heavy atom. The Morgan fingerprint density at radius 1 is 1.29 bits per heavy atom. The fourth-order valence-electron chi connectivity index (χ4n) is 3.81. The van der Waals surface area contributed by atoms with E-state index in [9.17, 15) is 14.7 Å². The van der Waals surface area contributed by atoms with Gasteiger partial charge in [-0.1, -0.05) is 20.8 Å². The minimum Gasteiger partial charge on any atom is -0.391 e. The number of aliphatic hydroxyl groups excluding tert-OH is 1. The topological polar surface area (TPSA) is 120 Å². The molecule has 1 saturated heterocycles. The molecule has 1 aliphatic heterocycles. The highest BCUT2D eigenvalue weighted by atomic mass is 32.1. The standard InChI is InChI=1S/C21H30N6O3S/c1-12-17(31-11-26-12)15-9-23-13(7-24-15)8-25-19(29)16-6-14(28)10-27(16)20(30)18(22-5)21(2,3)4/h7,9,11,14,16,18,22,28H,6,8,10H2,1-5H3,(H,25,29)/t14-,16+,18-/m1/s1. The van der Waals surface area contributed by atoms with Crippen LogP contribution in [0.15, 0.2) is 17.9 Å². The van der Waals surface area contributed by atoms with E-state index in [1.54, 1.807) is 25.0 Å². The summed E-state index contributed by atoms with van der Waals surface area (Å²) in [7, 11) is 1.73. The van der Waals surface area contributed by atoms with Crippen molar-refractivity contribution >= 4 is 23.2 Å². The molecule has 1 fully saturated rings. The molecule has 9 nitrogen and oxygen atoms in total. The SMILES string of the molecule is CN[C@H](C(=O)N1C[C@H](O)C[C@H]1C(=O)NCc1cnc(-c2scnc2C)cn1)C(C)(C)C. The van der Waals surface area contributed by atoms with E-state index in [1.165, 1.54) is 16.2 Å². The Labute approximate surface area is 186 Å². The number of thiazole rings is 1. The molecule has 0 bridgehead atoms. The summed E-state index contributed by atoms with van der Waals surface area (Å²) >= 11 is 1.50. The minimum absolute atomic E-state index is 0.147. The van der Waals surface area contributed by atoms with Crippen molar-refractivity contribution in [2.45, 2.75) is 58.8 Å². The Morgan fingerprint density at radius 2 is 2.03 bits per heavy atom. The molecule has 0 saturated carbocycles. The molecule has 0 aliphatic carbocycles. The van der Waals surface area contributed by atoms with Crippen molar-refractivity contribution in [1.82, 2.24) is 30.5 Å². The van der Waals surface area contributed by atoms with Gasteiger partial charge >= 0.3 is 0 Å². The van der Waals surface area contributed by atoms with E-state index in [-0.39, 0.29) is 36.7 Å². The quantitative estimate of drug-likeness (QED) is 0.608. The maximum absolute atomic E-state index is 13.1. The molecular weight excluding hydrogens is 416 g/mol. The zero-order valence-electron chi connectivity index (χ0n) is 18.5. The first-order valence-electron chi connectivity index (χ1n) is 10.3. The number of amides is 2. The number of hydrogen-bond donors (Lipinski definition) is 3. The van der Waals surface area contributed by atoms with Crippen molar-refractivity contribution in [3.05, 3.63) is 29.3 Å². The monoisotopic (exact) mass is 446 g/mol. The number of aliphatic hydroxyl groups is 1. The van der Waals surface area contributed by atoms with Crippen LogP contribution in [-0.2, 0) is 16.1 Å². The van der Waals surface area contributed by atoms with Gasteiger partial charge in [-0.2, -0.15) is 0 Å². The van der Waals surface area contributed by atoms with E-state index >= 15 is 0 Å². The van der Waals surface area contributed by atoms with Crippen LogP contribution in [0.5, 0.6) is 0 Å². The molecule has 2 aromatic rings. The van der Waals surface area contributed by atoms with Gasteiger partial charge in [0, 0.05) is 13.0 Å². The summed E-state index contributed by atoms with van der Waals surface area (Å²) < 4.78 is 0. The highest BCUT2D eigenvalue weighted by Crippen LogP contribution is 2.26. The zero-order chi connectivity index (χ0) is 22.8. The van der Waals surface area contributed by atoms with Crippen molar-refractivity contribution < 1.29 is 14.7 Å². The molecule has 3 rings (SSSR count). The van der Waals surface area contributed by atoms with E-state index in [0.29, 0.717) is 5.69 Å². The Bertz CT molecular complexity index is 924. The summed E-state index contributed by atoms with van der Waals surface area (Å²) in [5, 5.41) is 16.0. The number of hydrogen-bond acceptors (Lipinski definition) is 8. The average molecular weight is 447 g/mol. The van der Waals surface area contributed by atoms with E-state index in [2.05, 4.69) is 25.6 Å². The summed E-state index contributed by atoms with van der Waals surface area (Å²) in [6, 6.07) is -1.17. The van der Waals surface area contributed by atoms with Gasteiger partial charge in [0.2, 0.25) is 11.8 Å².